The van der Waals surface area contributed by atoms with Crippen LogP contribution in [-0.4, -0.2) is 13.0 Å². The van der Waals surface area contributed by atoms with Crippen LogP contribution < -0.4 is 29.6 Å². The van der Waals surface area contributed by atoms with Crippen LogP contribution in [0, 0.1) is 0 Å². The van der Waals surface area contributed by atoms with Crippen molar-refractivity contribution >= 4 is 10.1 Å². The number of hydrogen-bond acceptors (Lipinski definition) is 3. The summed E-state index contributed by atoms with van der Waals surface area (Å²) >= 11 is 0. The molecule has 0 bridgehead atoms. The summed E-state index contributed by atoms with van der Waals surface area (Å²) in [5.41, 5.74) is 1.11. The normalized spacial score (nSPS) is 11.7. The second-order valence-electron chi connectivity index (χ2n) is 16.3. The zero-order chi connectivity index (χ0) is 36.8. The molecular weight excluding hydrogens is 668 g/mol. The van der Waals surface area contributed by atoms with Gasteiger partial charge in [0.2, 0.25) is 0 Å². The molecular formula is C47H87NaO3S. The van der Waals surface area contributed by atoms with Crippen LogP contribution in [0.4, 0.5) is 0 Å². The van der Waals surface area contributed by atoms with E-state index in [4.69, 9.17) is 0 Å². The molecule has 1 rings (SSSR count). The Morgan fingerprint density at radius 3 is 0.731 bits per heavy atom. The summed E-state index contributed by atoms with van der Waals surface area (Å²) in [5, 5.41) is 0. The third-order valence-electron chi connectivity index (χ3n) is 11.3. The maximum atomic E-state index is 11.0. The van der Waals surface area contributed by atoms with E-state index in [1.807, 2.05) is 0 Å². The topological polar surface area (TPSA) is 57.2 Å². The molecule has 0 spiro atoms. The minimum atomic E-state index is -4.33. The molecule has 0 atom stereocenters. The second-order valence-corrected chi connectivity index (χ2v) is 17.7. The Balaban J connectivity index is 0.0000260. The van der Waals surface area contributed by atoms with Crippen molar-refractivity contribution < 1.29 is 42.5 Å². The van der Waals surface area contributed by atoms with Crippen LogP contribution in [0.25, 0.3) is 0 Å². The molecule has 1 aromatic carbocycles. The maximum absolute atomic E-state index is 11.0. The molecule has 0 saturated carbocycles. The van der Waals surface area contributed by atoms with Crippen molar-refractivity contribution in [1.29, 1.82) is 0 Å². The predicted molar refractivity (Wildman–Crippen MR) is 224 cm³/mol. The fourth-order valence-corrected chi connectivity index (χ4v) is 8.24. The van der Waals surface area contributed by atoms with Gasteiger partial charge in [-0.05, 0) is 30.5 Å². The van der Waals surface area contributed by atoms with E-state index in [1.165, 1.54) is 256 Å². The van der Waals surface area contributed by atoms with E-state index < -0.39 is 10.1 Å². The van der Waals surface area contributed by atoms with Crippen LogP contribution >= 0.6 is 0 Å². The summed E-state index contributed by atoms with van der Waals surface area (Å²) in [5.74, 6) is 0. The van der Waals surface area contributed by atoms with Gasteiger partial charge >= 0.3 is 29.6 Å². The van der Waals surface area contributed by atoms with E-state index in [0.29, 0.717) is 0 Å². The van der Waals surface area contributed by atoms with Crippen LogP contribution in [0.2, 0.25) is 0 Å². The first-order valence-corrected chi connectivity index (χ1v) is 24.5. The Labute approximate surface area is 348 Å². The van der Waals surface area contributed by atoms with E-state index in [1.54, 1.807) is 12.1 Å². The second kappa shape index (κ2) is 40.8. The Hall–Kier alpha value is 0.130. The zero-order valence-electron chi connectivity index (χ0n) is 35.2. The van der Waals surface area contributed by atoms with Gasteiger partial charge in [-0.2, -0.15) is 0 Å². The number of hydrogen-bond donors (Lipinski definition) is 0. The van der Waals surface area contributed by atoms with Crippen molar-refractivity contribution in [3.63, 3.8) is 0 Å². The fraction of sp³-hybridized carbons (Fsp3) is 0.872. The summed E-state index contributed by atoms with van der Waals surface area (Å²) < 4.78 is 33.0. The summed E-state index contributed by atoms with van der Waals surface area (Å²) in [6, 6.07) is 6.41. The summed E-state index contributed by atoms with van der Waals surface area (Å²) in [6.45, 7) is 2.30. The molecule has 0 saturated heterocycles. The largest absolute Gasteiger partial charge is 1.00 e. The molecule has 0 amide bonds. The third kappa shape index (κ3) is 37.1. The smallest absolute Gasteiger partial charge is 0.744 e. The maximum Gasteiger partial charge on any atom is 1.00 e. The van der Waals surface area contributed by atoms with Gasteiger partial charge in [0.05, 0.1) is 4.90 Å². The number of benzene rings is 1. The van der Waals surface area contributed by atoms with Crippen molar-refractivity contribution in [3.05, 3.63) is 29.8 Å². The molecule has 0 radical (unpaired) electrons. The molecule has 0 unspecified atom stereocenters. The average molecular weight is 755 g/mol. The molecule has 0 aliphatic rings. The van der Waals surface area contributed by atoms with Crippen molar-refractivity contribution in [2.75, 3.05) is 0 Å². The van der Waals surface area contributed by atoms with E-state index >= 15 is 0 Å². The molecule has 0 aliphatic heterocycles. The van der Waals surface area contributed by atoms with E-state index in [-0.39, 0.29) is 34.5 Å². The first kappa shape index (κ1) is 52.1. The van der Waals surface area contributed by atoms with Gasteiger partial charge in [-0.25, -0.2) is 8.42 Å². The van der Waals surface area contributed by atoms with Crippen molar-refractivity contribution in [2.45, 2.75) is 269 Å². The third-order valence-corrected chi connectivity index (χ3v) is 12.1. The molecule has 1 aromatic rings. The quantitative estimate of drug-likeness (QED) is 0.0380. The summed E-state index contributed by atoms with van der Waals surface area (Å²) in [6.07, 6.45) is 56.8. The Kier molecular flexibility index (Phi) is 40.9. The van der Waals surface area contributed by atoms with Crippen LogP contribution in [0.5, 0.6) is 0 Å². The minimum Gasteiger partial charge on any atom is -0.744 e. The molecule has 0 aromatic heterocycles. The standard InChI is InChI=1S/C47H88O3S.Na/c1-2-3-4-5-6-7-8-9-10-11-12-13-14-15-16-17-18-19-20-21-22-23-24-25-26-27-28-29-30-31-32-33-34-35-36-37-38-39-40-41-46-42-44-47(45-43-46)51(48,49)50;/h42-45H,2-41H2,1H3,(H,48,49,50);/q;+1/p-1. The molecule has 52 heavy (non-hydrogen) atoms. The summed E-state index contributed by atoms with van der Waals surface area (Å²) in [4.78, 5) is -0.131. The predicted octanol–water partition coefficient (Wildman–Crippen LogP) is 13.4. The van der Waals surface area contributed by atoms with Crippen LogP contribution in [0.15, 0.2) is 29.2 Å². The van der Waals surface area contributed by atoms with Gasteiger partial charge in [-0.1, -0.05) is 263 Å². The molecule has 0 heterocycles. The van der Waals surface area contributed by atoms with Gasteiger partial charge in [0.1, 0.15) is 10.1 Å². The SMILES string of the molecule is CCCCCCCCCCCCCCCCCCCCCCCCCCCCCCCCCCCCCCCCCc1ccc(S(=O)(=O)[O-])cc1.[Na+]. The van der Waals surface area contributed by atoms with Gasteiger partial charge in [-0.15, -0.1) is 0 Å². The van der Waals surface area contributed by atoms with E-state index in [2.05, 4.69) is 6.92 Å². The molecule has 300 valence electrons. The van der Waals surface area contributed by atoms with Gasteiger partial charge in [0.25, 0.3) is 0 Å². The average Bonchev–Trinajstić information content (AvgIpc) is 3.12. The molecule has 3 nitrogen and oxygen atoms in total. The van der Waals surface area contributed by atoms with Crippen molar-refractivity contribution in [2.24, 2.45) is 0 Å². The molecule has 0 fully saturated rings. The number of rotatable bonds is 41. The van der Waals surface area contributed by atoms with Crippen LogP contribution in [-0.2, 0) is 16.5 Å². The van der Waals surface area contributed by atoms with E-state index in [9.17, 15) is 13.0 Å². The fourth-order valence-electron chi connectivity index (χ4n) is 7.77. The molecule has 5 heteroatoms. The number of aryl methyl sites for hydroxylation is 1. The van der Waals surface area contributed by atoms with Crippen LogP contribution in [0.3, 0.4) is 0 Å². The van der Waals surface area contributed by atoms with Gasteiger partial charge in [-0.3, -0.25) is 0 Å². The Bertz CT molecular complexity index is 932. The molecule has 0 aliphatic carbocycles. The minimum absolute atomic E-state index is 0. The molecule has 0 N–H and O–H groups in total. The first-order chi connectivity index (χ1) is 25.0. The zero-order valence-corrected chi connectivity index (χ0v) is 38.0. The summed E-state index contributed by atoms with van der Waals surface area (Å²) in [7, 11) is -4.33. The Morgan fingerprint density at radius 2 is 0.538 bits per heavy atom. The first-order valence-electron chi connectivity index (χ1n) is 23.1. The Morgan fingerprint density at radius 1 is 0.346 bits per heavy atom. The van der Waals surface area contributed by atoms with Gasteiger partial charge < -0.3 is 4.55 Å². The van der Waals surface area contributed by atoms with Crippen molar-refractivity contribution in [3.8, 4) is 0 Å². The van der Waals surface area contributed by atoms with E-state index in [0.717, 1.165) is 18.4 Å². The van der Waals surface area contributed by atoms with Crippen LogP contribution in [0.1, 0.15) is 263 Å². The van der Waals surface area contributed by atoms with Gasteiger partial charge in [0.15, 0.2) is 0 Å². The van der Waals surface area contributed by atoms with Crippen molar-refractivity contribution in [1.82, 2.24) is 0 Å². The number of unbranched alkanes of at least 4 members (excludes halogenated alkanes) is 38. The van der Waals surface area contributed by atoms with Gasteiger partial charge in [0, 0.05) is 0 Å². The monoisotopic (exact) mass is 755 g/mol.